The van der Waals surface area contributed by atoms with E-state index in [-0.39, 0.29) is 46.2 Å². The Balaban J connectivity index is 1.46. The third-order valence-corrected chi connectivity index (χ3v) is 9.54. The summed E-state index contributed by atoms with van der Waals surface area (Å²) in [5.74, 6) is -2.10. The molecule has 3 aliphatic rings. The maximum atomic E-state index is 14.3. The molecule has 5 rings (SSSR count). The predicted molar refractivity (Wildman–Crippen MR) is 137 cm³/mol. The Morgan fingerprint density at radius 1 is 1.10 bits per heavy atom. The molecule has 1 amide bonds. The second-order valence-electron chi connectivity index (χ2n) is 11.6. The number of fused-ring (bicyclic) bond motifs is 1. The summed E-state index contributed by atoms with van der Waals surface area (Å²) < 4.78 is 43.8. The van der Waals surface area contributed by atoms with Gasteiger partial charge in [0.1, 0.15) is 0 Å². The molecule has 3 atom stereocenters. The lowest BCUT2D eigenvalue weighted by molar-refractivity contribution is -0.147. The summed E-state index contributed by atoms with van der Waals surface area (Å²) >= 11 is 12.4. The number of hydrogen-bond donors (Lipinski definition) is 1. The van der Waals surface area contributed by atoms with E-state index in [0.717, 1.165) is 10.9 Å². The summed E-state index contributed by atoms with van der Waals surface area (Å²) in [4.78, 5) is 39.4. The highest BCUT2D eigenvalue weighted by molar-refractivity contribution is 6.40. The normalized spacial score (nSPS) is 27.0. The quantitative estimate of drug-likeness (QED) is 0.362. The molecule has 0 saturated heterocycles. The Labute approximate surface area is 233 Å². The number of carbonyl (C=O) groups is 3. The number of carbonyl (C=O) groups excluding carboxylic acids is 2. The number of benzene rings is 1. The molecule has 1 aromatic carbocycles. The molecule has 0 unspecified atom stereocenters. The zero-order valence-corrected chi connectivity index (χ0v) is 22.9. The number of aromatic nitrogens is 2. The van der Waals surface area contributed by atoms with Crippen LogP contribution in [0.5, 0.6) is 0 Å². The molecule has 7 nitrogen and oxygen atoms in total. The fourth-order valence-electron chi connectivity index (χ4n) is 6.64. The van der Waals surface area contributed by atoms with E-state index in [2.05, 4.69) is 18.9 Å². The Kier molecular flexibility index (Phi) is 7.02. The molecular weight excluding hydrogens is 558 g/mol. The highest BCUT2D eigenvalue weighted by Crippen LogP contribution is 2.67. The smallest absolute Gasteiger partial charge is 0.433 e. The predicted octanol–water partition coefficient (Wildman–Crippen LogP) is 6.39. The van der Waals surface area contributed by atoms with Crippen molar-refractivity contribution >= 4 is 40.9 Å². The number of amides is 1. The first kappa shape index (κ1) is 28.0. The molecule has 39 heavy (non-hydrogen) atoms. The van der Waals surface area contributed by atoms with Crippen molar-refractivity contribution in [3.8, 4) is 0 Å². The lowest BCUT2D eigenvalue weighted by Gasteiger charge is -2.36. The molecule has 12 heteroatoms. The van der Waals surface area contributed by atoms with E-state index in [9.17, 15) is 27.6 Å². The zero-order valence-electron chi connectivity index (χ0n) is 21.3. The zero-order chi connectivity index (χ0) is 28.4. The summed E-state index contributed by atoms with van der Waals surface area (Å²) in [6.07, 6.45) is -2.50. The second-order valence-corrected chi connectivity index (χ2v) is 12.4. The first-order valence-corrected chi connectivity index (χ1v) is 13.6. The molecule has 3 fully saturated rings. The number of hydrogen-bond acceptors (Lipinski definition) is 4. The fourth-order valence-corrected chi connectivity index (χ4v) is 7.25. The van der Waals surface area contributed by atoms with Gasteiger partial charge in [-0.15, -0.1) is 0 Å². The number of ketones is 1. The van der Waals surface area contributed by atoms with Crippen molar-refractivity contribution in [3.05, 3.63) is 51.3 Å². The van der Waals surface area contributed by atoms with Crippen LogP contribution in [0.3, 0.4) is 0 Å². The first-order chi connectivity index (χ1) is 18.2. The molecule has 0 radical (unpaired) electrons. The Hall–Kier alpha value is -2.59. The number of rotatable bonds is 8. The van der Waals surface area contributed by atoms with E-state index in [1.54, 1.807) is 6.07 Å². The van der Waals surface area contributed by atoms with E-state index < -0.39 is 53.7 Å². The average molecular weight is 586 g/mol. The van der Waals surface area contributed by atoms with E-state index in [0.29, 0.717) is 24.7 Å². The van der Waals surface area contributed by atoms with E-state index >= 15 is 0 Å². The van der Waals surface area contributed by atoms with Gasteiger partial charge in [0.15, 0.2) is 11.5 Å². The van der Waals surface area contributed by atoms with Crippen LogP contribution in [0.15, 0.2) is 24.4 Å². The summed E-state index contributed by atoms with van der Waals surface area (Å²) in [6.45, 7) is 3.78. The van der Waals surface area contributed by atoms with Crippen LogP contribution in [0, 0.1) is 23.2 Å². The van der Waals surface area contributed by atoms with Crippen molar-refractivity contribution in [3.63, 3.8) is 0 Å². The summed E-state index contributed by atoms with van der Waals surface area (Å²) in [6, 6.07) is 3.47. The topological polar surface area (TPSA) is 92.5 Å². The minimum absolute atomic E-state index is 0.0211. The van der Waals surface area contributed by atoms with Gasteiger partial charge in [0, 0.05) is 12.5 Å². The van der Waals surface area contributed by atoms with Crippen molar-refractivity contribution in [2.45, 2.75) is 64.2 Å². The summed E-state index contributed by atoms with van der Waals surface area (Å²) in [7, 11) is 0. The highest BCUT2D eigenvalue weighted by atomic mass is 35.5. The summed E-state index contributed by atoms with van der Waals surface area (Å²) in [5, 5.41) is 13.1. The van der Waals surface area contributed by atoms with Crippen molar-refractivity contribution in [1.29, 1.82) is 0 Å². The van der Waals surface area contributed by atoms with Gasteiger partial charge in [-0.2, -0.15) is 18.3 Å². The first-order valence-electron chi connectivity index (χ1n) is 12.8. The number of nitrogens with zero attached hydrogens (tertiary/aromatic N) is 3. The molecule has 1 aromatic heterocycles. The SMILES string of the molecule is CC1(C)[C@@H]2C[C@H](N(CC(=O)c3c(Cl)cccc3Cl)C(=O)c3cnn([C@H]4C[C@@H](CC(=O)O)C4)c3C(F)(F)F)C[C@@H]21. The van der Waals surface area contributed by atoms with Crippen LogP contribution < -0.4 is 0 Å². The van der Waals surface area contributed by atoms with Gasteiger partial charge in [-0.3, -0.25) is 19.1 Å². The number of aliphatic carboxylic acids is 1. The third kappa shape index (κ3) is 5.06. The number of alkyl halides is 3. The van der Waals surface area contributed by atoms with Gasteiger partial charge in [0.25, 0.3) is 5.91 Å². The van der Waals surface area contributed by atoms with Gasteiger partial charge in [0.2, 0.25) is 0 Å². The third-order valence-electron chi connectivity index (χ3n) is 8.91. The summed E-state index contributed by atoms with van der Waals surface area (Å²) in [5.41, 5.74) is -1.68. The van der Waals surface area contributed by atoms with E-state index in [4.69, 9.17) is 28.3 Å². The van der Waals surface area contributed by atoms with Crippen LogP contribution in [0.1, 0.15) is 78.4 Å². The molecular formula is C27H28Cl2F3N3O4. The van der Waals surface area contributed by atoms with Gasteiger partial charge >= 0.3 is 12.1 Å². The van der Waals surface area contributed by atoms with Crippen molar-refractivity contribution in [2.75, 3.05) is 6.54 Å². The Morgan fingerprint density at radius 2 is 1.69 bits per heavy atom. The minimum Gasteiger partial charge on any atom is -0.481 e. The second kappa shape index (κ2) is 9.80. The average Bonchev–Trinajstić information content (AvgIpc) is 3.23. The number of halogens is 5. The monoisotopic (exact) mass is 585 g/mol. The molecule has 3 aliphatic carbocycles. The van der Waals surface area contributed by atoms with Crippen molar-refractivity contribution in [1.82, 2.24) is 14.7 Å². The van der Waals surface area contributed by atoms with Crippen molar-refractivity contribution < 1.29 is 32.7 Å². The lowest BCUT2D eigenvalue weighted by Crippen LogP contribution is -2.44. The largest absolute Gasteiger partial charge is 0.481 e. The fraction of sp³-hybridized carbons (Fsp3) is 0.556. The van der Waals surface area contributed by atoms with Gasteiger partial charge in [-0.25, -0.2) is 0 Å². The molecule has 0 aliphatic heterocycles. The molecule has 210 valence electrons. The Bertz CT molecular complexity index is 1300. The molecule has 1 N–H and O–H groups in total. The maximum absolute atomic E-state index is 14.3. The maximum Gasteiger partial charge on any atom is 0.433 e. The molecule has 1 heterocycles. The van der Waals surface area contributed by atoms with Crippen LogP contribution in [0.25, 0.3) is 0 Å². The standard InChI is InChI=1S/C27H28Cl2F3N3O4/c1-26(2)17-9-14(10-18(17)26)34(12-21(36)23-19(28)4-3-5-20(23)29)25(39)16-11-33-35(24(16)27(30,31)32)15-6-13(7-15)8-22(37)38/h3-5,11,13-15,17-18H,6-10,12H2,1-2H3,(H,37,38)/t13-,14-,15+,17+,18-. The van der Waals surface area contributed by atoms with Gasteiger partial charge in [0.05, 0.1) is 40.0 Å². The van der Waals surface area contributed by atoms with E-state index in [1.807, 2.05) is 0 Å². The van der Waals surface area contributed by atoms with Gasteiger partial charge in [-0.05, 0) is 61.0 Å². The van der Waals surface area contributed by atoms with Gasteiger partial charge < -0.3 is 10.0 Å². The van der Waals surface area contributed by atoms with Crippen LogP contribution in [0.2, 0.25) is 10.0 Å². The Morgan fingerprint density at radius 3 is 2.23 bits per heavy atom. The van der Waals surface area contributed by atoms with E-state index in [1.165, 1.54) is 17.0 Å². The van der Waals surface area contributed by atoms with Crippen LogP contribution >= 0.6 is 23.2 Å². The number of carboxylic acids is 1. The molecule has 3 saturated carbocycles. The molecule has 2 aromatic rings. The van der Waals surface area contributed by atoms with Crippen LogP contribution in [0.4, 0.5) is 13.2 Å². The van der Waals surface area contributed by atoms with Gasteiger partial charge in [-0.1, -0.05) is 43.1 Å². The number of carboxylic acid groups (broad SMARTS) is 1. The van der Waals surface area contributed by atoms with Crippen LogP contribution in [-0.4, -0.2) is 50.0 Å². The van der Waals surface area contributed by atoms with Crippen LogP contribution in [-0.2, 0) is 11.0 Å². The lowest BCUT2D eigenvalue weighted by atomic mass is 9.78. The van der Waals surface area contributed by atoms with Crippen molar-refractivity contribution in [2.24, 2.45) is 23.2 Å². The molecule has 0 spiro atoms. The minimum atomic E-state index is -4.89. The molecule has 0 bridgehead atoms. The highest BCUT2D eigenvalue weighted by Gasteiger charge is 2.63. The number of Topliss-reactive ketones (excluding diaryl/α,β-unsaturated/α-hetero) is 1.